The lowest BCUT2D eigenvalue weighted by molar-refractivity contribution is -0.125. The molecule has 6 nitrogen and oxygen atoms in total. The van der Waals surface area contributed by atoms with E-state index in [-0.39, 0.29) is 17.9 Å². The first kappa shape index (κ1) is 17.7. The van der Waals surface area contributed by atoms with E-state index in [0.717, 1.165) is 42.8 Å². The Hall–Kier alpha value is -2.08. The molecule has 0 spiro atoms. The summed E-state index contributed by atoms with van der Waals surface area (Å²) in [4.78, 5) is 22.6. The smallest absolute Gasteiger partial charge is 0.224 e. The Morgan fingerprint density at radius 3 is 3.08 bits per heavy atom. The molecule has 0 bridgehead atoms. The Morgan fingerprint density at radius 1 is 1.44 bits per heavy atom. The highest BCUT2D eigenvalue weighted by Crippen LogP contribution is 2.23. The molecule has 0 saturated carbocycles. The van der Waals surface area contributed by atoms with Crippen molar-refractivity contribution in [3.63, 3.8) is 0 Å². The molecule has 1 atom stereocenters. The van der Waals surface area contributed by atoms with Gasteiger partial charge in [0.2, 0.25) is 11.9 Å². The van der Waals surface area contributed by atoms with Crippen LogP contribution in [0, 0.1) is 5.92 Å². The van der Waals surface area contributed by atoms with E-state index in [9.17, 15) is 4.79 Å². The van der Waals surface area contributed by atoms with Crippen LogP contribution in [0.4, 0.5) is 5.95 Å². The van der Waals surface area contributed by atoms with E-state index in [4.69, 9.17) is 4.74 Å². The third-order valence-corrected chi connectivity index (χ3v) is 4.54. The second kappa shape index (κ2) is 8.34. The lowest BCUT2D eigenvalue weighted by Gasteiger charge is -2.31. The standard InChI is InChI=1S/C19H28N4O2/c1-14(2)25-12-6-10-20-18(24)15-7-5-11-23(13-15)19-21-16-8-3-4-9-17(16)22-19/h3-4,8-9,14-15H,5-7,10-13H2,1-2H3,(H,20,24)(H,21,22)/t15-/m0/s1. The number of aromatic nitrogens is 2. The summed E-state index contributed by atoms with van der Waals surface area (Å²) < 4.78 is 5.50. The van der Waals surface area contributed by atoms with Gasteiger partial charge >= 0.3 is 0 Å². The van der Waals surface area contributed by atoms with Gasteiger partial charge in [0.1, 0.15) is 0 Å². The molecule has 6 heteroatoms. The molecule has 1 aliphatic rings. The SMILES string of the molecule is CC(C)OCCCNC(=O)[C@H]1CCCN(c2nc3ccccc3[nH]2)C1. The molecule has 25 heavy (non-hydrogen) atoms. The summed E-state index contributed by atoms with van der Waals surface area (Å²) in [5, 5.41) is 3.05. The lowest BCUT2D eigenvalue weighted by atomic mass is 9.97. The maximum atomic E-state index is 12.4. The van der Waals surface area contributed by atoms with Crippen molar-refractivity contribution in [2.75, 3.05) is 31.1 Å². The summed E-state index contributed by atoms with van der Waals surface area (Å²) in [5.74, 6) is 1.03. The van der Waals surface area contributed by atoms with Crippen LogP contribution in [-0.2, 0) is 9.53 Å². The van der Waals surface area contributed by atoms with Gasteiger partial charge in [-0.1, -0.05) is 12.1 Å². The van der Waals surface area contributed by atoms with Crippen LogP contribution in [0.1, 0.15) is 33.1 Å². The normalized spacial score (nSPS) is 18.0. The molecule has 1 amide bonds. The molecule has 0 radical (unpaired) electrons. The van der Waals surface area contributed by atoms with Gasteiger partial charge in [-0.3, -0.25) is 4.79 Å². The number of nitrogens with one attached hydrogen (secondary N) is 2. The number of H-pyrrole nitrogens is 1. The van der Waals surface area contributed by atoms with Gasteiger partial charge in [0, 0.05) is 26.2 Å². The number of carbonyl (C=O) groups is 1. The Bertz CT molecular complexity index is 665. The molecular formula is C19H28N4O2. The first-order valence-corrected chi connectivity index (χ1v) is 9.22. The number of piperidine rings is 1. The van der Waals surface area contributed by atoms with Crippen LogP contribution in [-0.4, -0.2) is 48.2 Å². The minimum Gasteiger partial charge on any atom is -0.379 e. The summed E-state index contributed by atoms with van der Waals surface area (Å²) in [7, 11) is 0. The molecule has 2 aromatic rings. The maximum absolute atomic E-state index is 12.4. The Morgan fingerprint density at radius 2 is 2.28 bits per heavy atom. The molecule has 1 aromatic heterocycles. The molecule has 3 rings (SSSR count). The second-order valence-corrected chi connectivity index (χ2v) is 6.93. The Kier molecular flexibility index (Phi) is 5.91. The molecular weight excluding hydrogens is 316 g/mol. The van der Waals surface area contributed by atoms with Gasteiger partial charge in [0.15, 0.2) is 0 Å². The lowest BCUT2D eigenvalue weighted by Crippen LogP contribution is -2.43. The van der Waals surface area contributed by atoms with E-state index in [2.05, 4.69) is 20.2 Å². The van der Waals surface area contributed by atoms with Crippen LogP contribution in [0.5, 0.6) is 0 Å². The topological polar surface area (TPSA) is 70.2 Å². The fraction of sp³-hybridized carbons (Fsp3) is 0.579. The number of nitrogens with zero attached hydrogens (tertiary/aromatic N) is 2. The predicted octanol–water partition coefficient (Wildman–Crippen LogP) is 2.71. The van der Waals surface area contributed by atoms with Crippen molar-refractivity contribution >= 4 is 22.9 Å². The average molecular weight is 344 g/mol. The van der Waals surface area contributed by atoms with Gasteiger partial charge in [-0.05, 0) is 45.2 Å². The molecule has 0 aliphatic carbocycles. The fourth-order valence-electron chi connectivity index (χ4n) is 3.22. The van der Waals surface area contributed by atoms with Gasteiger partial charge in [0.25, 0.3) is 0 Å². The van der Waals surface area contributed by atoms with Crippen LogP contribution in [0.3, 0.4) is 0 Å². The zero-order chi connectivity index (χ0) is 17.6. The first-order valence-electron chi connectivity index (χ1n) is 9.22. The number of amides is 1. The van der Waals surface area contributed by atoms with E-state index in [1.165, 1.54) is 0 Å². The van der Waals surface area contributed by atoms with Gasteiger partial charge in [0.05, 0.1) is 23.1 Å². The predicted molar refractivity (Wildman–Crippen MR) is 99.7 cm³/mol. The number of fused-ring (bicyclic) bond motifs is 1. The number of hydrogen-bond donors (Lipinski definition) is 2. The first-order chi connectivity index (χ1) is 12.1. The Balaban J connectivity index is 1.51. The minimum atomic E-state index is 0.0213. The number of aromatic amines is 1. The monoisotopic (exact) mass is 344 g/mol. The van der Waals surface area contributed by atoms with Crippen molar-refractivity contribution in [2.45, 2.75) is 39.2 Å². The zero-order valence-corrected chi connectivity index (χ0v) is 15.1. The molecule has 136 valence electrons. The van der Waals surface area contributed by atoms with Crippen LogP contribution in [0.25, 0.3) is 11.0 Å². The third kappa shape index (κ3) is 4.72. The minimum absolute atomic E-state index is 0.0213. The second-order valence-electron chi connectivity index (χ2n) is 6.93. The summed E-state index contributed by atoms with van der Waals surface area (Å²) in [6, 6.07) is 8.02. The van der Waals surface area contributed by atoms with Crippen LogP contribution < -0.4 is 10.2 Å². The van der Waals surface area contributed by atoms with Crippen molar-refractivity contribution in [3.8, 4) is 0 Å². The van der Waals surface area contributed by atoms with E-state index in [0.29, 0.717) is 19.7 Å². The number of ether oxygens (including phenoxy) is 1. The highest BCUT2D eigenvalue weighted by atomic mass is 16.5. The van der Waals surface area contributed by atoms with Gasteiger partial charge in [-0.15, -0.1) is 0 Å². The van der Waals surface area contributed by atoms with Crippen LogP contribution in [0.2, 0.25) is 0 Å². The highest BCUT2D eigenvalue weighted by molar-refractivity contribution is 5.80. The van der Waals surface area contributed by atoms with E-state index in [1.54, 1.807) is 0 Å². The summed E-state index contributed by atoms with van der Waals surface area (Å²) in [5.41, 5.74) is 2.00. The Labute approximate surface area is 149 Å². The maximum Gasteiger partial charge on any atom is 0.224 e. The number of para-hydroxylation sites is 2. The molecule has 0 unspecified atom stereocenters. The summed E-state index contributed by atoms with van der Waals surface area (Å²) >= 11 is 0. The average Bonchev–Trinajstić information content (AvgIpc) is 3.05. The summed E-state index contributed by atoms with van der Waals surface area (Å²) in [6.07, 6.45) is 3.03. The van der Waals surface area contributed by atoms with E-state index >= 15 is 0 Å². The molecule has 1 fully saturated rings. The number of anilines is 1. The van der Waals surface area contributed by atoms with Crippen LogP contribution >= 0.6 is 0 Å². The number of imidazole rings is 1. The van der Waals surface area contributed by atoms with E-state index in [1.807, 2.05) is 38.1 Å². The van der Waals surface area contributed by atoms with Gasteiger partial charge in [-0.2, -0.15) is 0 Å². The molecule has 2 heterocycles. The fourth-order valence-corrected chi connectivity index (χ4v) is 3.22. The van der Waals surface area contributed by atoms with Crippen molar-refractivity contribution in [1.82, 2.24) is 15.3 Å². The quantitative estimate of drug-likeness (QED) is 0.758. The zero-order valence-electron chi connectivity index (χ0n) is 15.1. The van der Waals surface area contributed by atoms with Gasteiger partial charge in [-0.25, -0.2) is 4.98 Å². The van der Waals surface area contributed by atoms with Crippen LogP contribution in [0.15, 0.2) is 24.3 Å². The van der Waals surface area contributed by atoms with E-state index < -0.39 is 0 Å². The number of hydrogen-bond acceptors (Lipinski definition) is 4. The van der Waals surface area contributed by atoms with Crippen molar-refractivity contribution in [3.05, 3.63) is 24.3 Å². The molecule has 1 aromatic carbocycles. The largest absolute Gasteiger partial charge is 0.379 e. The molecule has 1 aliphatic heterocycles. The number of rotatable bonds is 7. The van der Waals surface area contributed by atoms with Crippen molar-refractivity contribution in [1.29, 1.82) is 0 Å². The van der Waals surface area contributed by atoms with Gasteiger partial charge < -0.3 is 19.9 Å². The van der Waals surface area contributed by atoms with Crippen molar-refractivity contribution < 1.29 is 9.53 Å². The number of benzene rings is 1. The van der Waals surface area contributed by atoms with Crippen molar-refractivity contribution in [2.24, 2.45) is 5.92 Å². The summed E-state index contributed by atoms with van der Waals surface area (Å²) in [6.45, 7) is 7.06. The molecule has 1 saturated heterocycles. The molecule has 2 N–H and O–H groups in total. The number of carbonyl (C=O) groups excluding carboxylic acids is 1. The third-order valence-electron chi connectivity index (χ3n) is 4.54. The highest BCUT2D eigenvalue weighted by Gasteiger charge is 2.27.